The van der Waals surface area contributed by atoms with Crippen LogP contribution in [-0.2, 0) is 6.54 Å². The number of rotatable bonds is 5. The number of hydrogen-bond acceptors (Lipinski definition) is 7. The Morgan fingerprint density at radius 2 is 1.81 bits per heavy atom. The van der Waals surface area contributed by atoms with Crippen molar-refractivity contribution in [2.75, 3.05) is 12.0 Å². The molecule has 31 heavy (non-hydrogen) atoms. The van der Waals surface area contributed by atoms with Gasteiger partial charge >= 0.3 is 0 Å². The smallest absolute Gasteiger partial charge is 0.231 e. The first-order chi connectivity index (χ1) is 15.2. The van der Waals surface area contributed by atoms with Crippen molar-refractivity contribution in [3.05, 3.63) is 82.3 Å². The van der Waals surface area contributed by atoms with Gasteiger partial charge in [-0.15, -0.1) is 10.2 Å². The lowest BCUT2D eigenvalue weighted by Crippen LogP contribution is -2.20. The highest BCUT2D eigenvalue weighted by atomic mass is 35.5. The summed E-state index contributed by atoms with van der Waals surface area (Å²) in [5.41, 5.74) is 3.11. The van der Waals surface area contributed by atoms with Crippen molar-refractivity contribution in [1.29, 1.82) is 0 Å². The van der Waals surface area contributed by atoms with Crippen molar-refractivity contribution < 1.29 is 4.74 Å². The van der Waals surface area contributed by atoms with E-state index in [1.807, 2.05) is 42.5 Å². The highest BCUT2D eigenvalue weighted by molar-refractivity contribution is 7.99. The fraction of sp³-hybridized carbons (Fsp3) is 0.0870. The van der Waals surface area contributed by atoms with E-state index >= 15 is 0 Å². The van der Waals surface area contributed by atoms with Crippen molar-refractivity contribution in [1.82, 2.24) is 10.2 Å². The zero-order valence-electron chi connectivity index (χ0n) is 16.5. The van der Waals surface area contributed by atoms with Crippen LogP contribution in [-0.4, -0.2) is 23.5 Å². The molecule has 0 unspecified atom stereocenters. The molecule has 0 N–H and O–H groups in total. The summed E-state index contributed by atoms with van der Waals surface area (Å²) in [4.78, 5) is 9.11. The third-order valence-electron chi connectivity index (χ3n) is 4.79. The molecule has 0 fully saturated rings. The highest BCUT2D eigenvalue weighted by Gasteiger charge is 2.24. The average Bonchev–Trinajstić information content (AvgIpc) is 3.25. The quantitative estimate of drug-likeness (QED) is 0.305. The summed E-state index contributed by atoms with van der Waals surface area (Å²) in [7, 11) is 1.65. The van der Waals surface area contributed by atoms with Gasteiger partial charge in [0.25, 0.3) is 0 Å². The number of aromatic nitrogens is 2. The van der Waals surface area contributed by atoms with Gasteiger partial charge in [-0.05, 0) is 42.5 Å². The molecule has 1 aromatic heterocycles. The minimum Gasteiger partial charge on any atom is -0.496 e. The first-order valence-electron chi connectivity index (χ1n) is 9.55. The third kappa shape index (κ3) is 4.17. The number of benzene rings is 3. The lowest BCUT2D eigenvalue weighted by atomic mass is 10.2. The Morgan fingerprint density at radius 1 is 1.00 bits per heavy atom. The SMILES string of the molecule is COc1ccccc1/C=N/c1nnc(CN2c3ccccc3Sc3ccc(Cl)cc32)s1. The molecule has 0 atom stereocenters. The van der Waals surface area contributed by atoms with Crippen LogP contribution in [0.1, 0.15) is 10.6 Å². The first-order valence-corrected chi connectivity index (χ1v) is 11.6. The fourth-order valence-corrected chi connectivity index (χ4v) is 5.28. The van der Waals surface area contributed by atoms with Crippen LogP contribution in [0.2, 0.25) is 5.02 Å². The molecule has 0 saturated carbocycles. The second-order valence-electron chi connectivity index (χ2n) is 6.75. The fourth-order valence-electron chi connectivity index (χ4n) is 3.37. The molecule has 3 aromatic carbocycles. The van der Waals surface area contributed by atoms with E-state index in [9.17, 15) is 0 Å². The van der Waals surface area contributed by atoms with E-state index in [-0.39, 0.29) is 0 Å². The van der Waals surface area contributed by atoms with Crippen LogP contribution in [0, 0.1) is 0 Å². The molecule has 4 aromatic rings. The maximum absolute atomic E-state index is 6.31. The van der Waals surface area contributed by atoms with Crippen LogP contribution in [0.15, 0.2) is 81.5 Å². The minimum absolute atomic E-state index is 0.590. The van der Waals surface area contributed by atoms with E-state index in [0.29, 0.717) is 16.7 Å². The lowest BCUT2D eigenvalue weighted by Gasteiger charge is -2.32. The van der Waals surface area contributed by atoms with Crippen LogP contribution >= 0.6 is 34.7 Å². The molecular weight excluding hydrogens is 448 g/mol. The molecule has 154 valence electrons. The van der Waals surface area contributed by atoms with Gasteiger partial charge < -0.3 is 9.64 Å². The number of hydrogen-bond donors (Lipinski definition) is 0. The molecule has 0 amide bonds. The third-order valence-corrected chi connectivity index (χ3v) is 6.97. The summed E-state index contributed by atoms with van der Waals surface area (Å²) in [6.45, 7) is 0.590. The highest BCUT2D eigenvalue weighted by Crippen LogP contribution is 2.49. The van der Waals surface area contributed by atoms with Gasteiger partial charge in [0.15, 0.2) is 0 Å². The number of methoxy groups -OCH3 is 1. The zero-order valence-corrected chi connectivity index (χ0v) is 18.9. The second kappa shape index (κ2) is 8.70. The molecule has 0 saturated heterocycles. The predicted octanol–water partition coefficient (Wildman–Crippen LogP) is 6.75. The summed E-state index contributed by atoms with van der Waals surface area (Å²) in [5, 5.41) is 10.8. The Hall–Kier alpha value is -2.87. The number of para-hydroxylation sites is 2. The molecule has 8 heteroatoms. The summed E-state index contributed by atoms with van der Waals surface area (Å²) in [5.74, 6) is 0.770. The molecule has 0 spiro atoms. The summed E-state index contributed by atoms with van der Waals surface area (Å²) < 4.78 is 5.37. The standard InChI is InChI=1S/C23H17ClN4OS2/c1-29-19-8-4-2-6-15(19)13-25-23-27-26-22(31-23)14-28-17-7-3-5-9-20(17)30-21-11-10-16(24)12-18(21)28/h2-13H,14H2,1H3/b25-13+. The van der Waals surface area contributed by atoms with Crippen molar-refractivity contribution in [3.8, 4) is 5.75 Å². The van der Waals surface area contributed by atoms with Crippen LogP contribution in [0.5, 0.6) is 5.75 Å². The number of nitrogens with zero attached hydrogens (tertiary/aromatic N) is 4. The van der Waals surface area contributed by atoms with Gasteiger partial charge in [0.05, 0.1) is 25.0 Å². The van der Waals surface area contributed by atoms with Gasteiger partial charge in [0.1, 0.15) is 10.8 Å². The predicted molar refractivity (Wildman–Crippen MR) is 128 cm³/mol. The van der Waals surface area contributed by atoms with E-state index in [1.54, 1.807) is 25.1 Å². The molecule has 0 aliphatic carbocycles. The molecule has 5 nitrogen and oxygen atoms in total. The van der Waals surface area contributed by atoms with Crippen LogP contribution in [0.25, 0.3) is 0 Å². The van der Waals surface area contributed by atoms with Crippen molar-refractivity contribution in [2.24, 2.45) is 4.99 Å². The number of aliphatic imine (C=N–C) groups is 1. The van der Waals surface area contributed by atoms with Gasteiger partial charge in [-0.2, -0.15) is 0 Å². The van der Waals surface area contributed by atoms with Gasteiger partial charge in [-0.25, -0.2) is 4.99 Å². The van der Waals surface area contributed by atoms with Crippen LogP contribution in [0.3, 0.4) is 0 Å². The average molecular weight is 465 g/mol. The van der Waals surface area contributed by atoms with E-state index < -0.39 is 0 Å². The Bertz CT molecular complexity index is 1270. The molecule has 5 rings (SSSR count). The molecular formula is C23H17ClN4OS2. The normalized spacial score (nSPS) is 12.6. The Balaban J connectivity index is 1.43. The van der Waals surface area contributed by atoms with Crippen molar-refractivity contribution in [3.63, 3.8) is 0 Å². The van der Waals surface area contributed by atoms with E-state index in [0.717, 1.165) is 27.7 Å². The van der Waals surface area contributed by atoms with Crippen molar-refractivity contribution in [2.45, 2.75) is 16.3 Å². The molecule has 1 aliphatic rings. The van der Waals surface area contributed by atoms with Gasteiger partial charge in [0.2, 0.25) is 5.13 Å². The van der Waals surface area contributed by atoms with E-state index in [1.165, 1.54) is 21.1 Å². The van der Waals surface area contributed by atoms with Crippen molar-refractivity contribution >= 4 is 57.4 Å². The van der Waals surface area contributed by atoms with E-state index in [2.05, 4.69) is 44.4 Å². The summed E-state index contributed by atoms with van der Waals surface area (Å²) >= 11 is 9.53. The first kappa shape index (κ1) is 20.1. The number of ether oxygens (including phenoxy) is 1. The van der Waals surface area contributed by atoms with Crippen LogP contribution < -0.4 is 9.64 Å². The Labute approximate surface area is 193 Å². The minimum atomic E-state index is 0.590. The Morgan fingerprint density at radius 3 is 2.71 bits per heavy atom. The van der Waals surface area contributed by atoms with Gasteiger partial charge in [0, 0.05) is 26.6 Å². The number of fused-ring (bicyclic) bond motifs is 2. The second-order valence-corrected chi connectivity index (χ2v) is 9.31. The van der Waals surface area contributed by atoms with Gasteiger partial charge in [-0.3, -0.25) is 0 Å². The largest absolute Gasteiger partial charge is 0.496 e. The van der Waals surface area contributed by atoms with Crippen LogP contribution in [0.4, 0.5) is 16.5 Å². The monoisotopic (exact) mass is 464 g/mol. The molecule has 1 aliphatic heterocycles. The Kier molecular flexibility index (Phi) is 5.63. The lowest BCUT2D eigenvalue weighted by molar-refractivity contribution is 0.414. The van der Waals surface area contributed by atoms with E-state index in [4.69, 9.17) is 16.3 Å². The molecule has 2 heterocycles. The van der Waals surface area contributed by atoms with Gasteiger partial charge in [-0.1, -0.05) is 59.0 Å². The number of halogens is 1. The molecule has 0 radical (unpaired) electrons. The maximum atomic E-state index is 6.31. The molecule has 0 bridgehead atoms. The zero-order chi connectivity index (χ0) is 21.2. The summed E-state index contributed by atoms with van der Waals surface area (Å²) in [6.07, 6.45) is 1.75. The number of anilines is 2. The maximum Gasteiger partial charge on any atom is 0.231 e. The topological polar surface area (TPSA) is 50.6 Å². The summed E-state index contributed by atoms with van der Waals surface area (Å²) in [6, 6.07) is 22.1.